The number of nitriles is 1. The summed E-state index contributed by atoms with van der Waals surface area (Å²) in [5, 5.41) is 19.4. The van der Waals surface area contributed by atoms with Gasteiger partial charge in [-0.25, -0.2) is 0 Å². The molecule has 4 rings (SSSR count). The minimum Gasteiger partial charge on any atom is -0.495 e. The van der Waals surface area contributed by atoms with Gasteiger partial charge < -0.3 is 19.1 Å². The van der Waals surface area contributed by atoms with E-state index in [9.17, 15) is 10.1 Å². The zero-order chi connectivity index (χ0) is 19.7. The number of carboxylic acids is 1. The van der Waals surface area contributed by atoms with Crippen LogP contribution in [-0.2, 0) is 17.9 Å². The smallest absolute Gasteiger partial charge is 0.304 e. The van der Waals surface area contributed by atoms with Crippen molar-refractivity contribution in [3.63, 3.8) is 0 Å². The van der Waals surface area contributed by atoms with Crippen molar-refractivity contribution in [1.82, 2.24) is 4.57 Å². The molecule has 0 aliphatic carbocycles. The lowest BCUT2D eigenvalue weighted by atomic mass is 10.0. The number of rotatable bonds is 6. The number of ether oxygens (including phenoxy) is 2. The first-order chi connectivity index (χ1) is 13.6. The summed E-state index contributed by atoms with van der Waals surface area (Å²) in [6.07, 6.45) is 1.03. The number of aliphatic carboxylic acids is 1. The zero-order valence-electron chi connectivity index (χ0n) is 15.5. The van der Waals surface area contributed by atoms with Crippen molar-refractivity contribution in [1.29, 1.82) is 5.26 Å². The molecule has 0 saturated heterocycles. The van der Waals surface area contributed by atoms with E-state index in [1.807, 2.05) is 24.3 Å². The van der Waals surface area contributed by atoms with Gasteiger partial charge >= 0.3 is 5.97 Å². The van der Waals surface area contributed by atoms with E-state index < -0.39 is 5.97 Å². The van der Waals surface area contributed by atoms with Crippen LogP contribution >= 0.6 is 0 Å². The van der Waals surface area contributed by atoms with Crippen molar-refractivity contribution < 1.29 is 19.4 Å². The molecule has 1 N–H and O–H groups in total. The Morgan fingerprint density at radius 3 is 2.89 bits per heavy atom. The first-order valence-corrected chi connectivity index (χ1v) is 9.14. The molecule has 0 saturated carbocycles. The number of fused-ring (bicyclic) bond motifs is 3. The molecule has 0 spiro atoms. The van der Waals surface area contributed by atoms with Gasteiger partial charge in [-0.1, -0.05) is 6.07 Å². The quantitative estimate of drug-likeness (QED) is 0.701. The minimum atomic E-state index is -0.760. The molecule has 0 fully saturated rings. The molecule has 0 unspecified atom stereocenters. The van der Waals surface area contributed by atoms with Crippen molar-refractivity contribution >= 4 is 16.9 Å². The van der Waals surface area contributed by atoms with Crippen LogP contribution in [0.3, 0.4) is 0 Å². The molecule has 1 aromatic heterocycles. The second kappa shape index (κ2) is 7.28. The first-order valence-electron chi connectivity index (χ1n) is 9.14. The summed E-state index contributed by atoms with van der Waals surface area (Å²) in [7, 11) is 1.54. The van der Waals surface area contributed by atoms with Crippen LogP contribution in [0.25, 0.3) is 10.9 Å². The summed E-state index contributed by atoms with van der Waals surface area (Å²) in [6, 6.07) is 15.5. The highest BCUT2D eigenvalue weighted by Crippen LogP contribution is 2.37. The van der Waals surface area contributed by atoms with Gasteiger partial charge in [0.05, 0.1) is 19.1 Å². The van der Waals surface area contributed by atoms with Gasteiger partial charge in [0.1, 0.15) is 24.2 Å². The Balaban J connectivity index is 1.53. The monoisotopic (exact) mass is 376 g/mol. The van der Waals surface area contributed by atoms with Crippen molar-refractivity contribution in [2.24, 2.45) is 0 Å². The van der Waals surface area contributed by atoms with E-state index in [4.69, 9.17) is 14.6 Å². The molecule has 0 bridgehead atoms. The minimum absolute atomic E-state index is 0.0676. The molecule has 0 amide bonds. The third-order valence-electron chi connectivity index (χ3n) is 5.24. The zero-order valence-corrected chi connectivity index (χ0v) is 15.5. The van der Waals surface area contributed by atoms with Crippen molar-refractivity contribution in [2.45, 2.75) is 31.9 Å². The van der Waals surface area contributed by atoms with Crippen LogP contribution in [0.4, 0.5) is 0 Å². The normalized spacial score (nSPS) is 15.2. The third kappa shape index (κ3) is 3.27. The third-order valence-corrected chi connectivity index (χ3v) is 5.24. The first kappa shape index (κ1) is 17.9. The SMILES string of the molecule is COc1ccc(COc2ccc3c(c2)cc2n3CC[C@@H]2CC(=O)O)cc1C#N. The van der Waals surface area contributed by atoms with Gasteiger partial charge in [-0.05, 0) is 48.4 Å². The molecule has 28 heavy (non-hydrogen) atoms. The predicted molar refractivity (Wildman–Crippen MR) is 104 cm³/mol. The standard InChI is InChI=1S/C22H20N2O4/c1-27-21-5-2-14(8-17(21)12-23)13-28-18-3-4-19-16(9-18)10-20-15(11-22(25)26)6-7-24(19)20/h2-5,8-10,15H,6-7,11,13H2,1H3,(H,25,26)/t15-/m1/s1. The molecule has 2 aromatic carbocycles. The topological polar surface area (TPSA) is 84.5 Å². The molecule has 142 valence electrons. The summed E-state index contributed by atoms with van der Waals surface area (Å²) < 4.78 is 13.3. The molecule has 6 heteroatoms. The van der Waals surface area contributed by atoms with Crippen LogP contribution in [0.15, 0.2) is 42.5 Å². The van der Waals surface area contributed by atoms with Crippen molar-refractivity contribution in [2.75, 3.05) is 7.11 Å². The average Bonchev–Trinajstić information content (AvgIpc) is 3.25. The number of carboxylic acid groups (broad SMARTS) is 1. The Labute approximate surface area is 162 Å². The number of methoxy groups -OCH3 is 1. The molecule has 1 aliphatic heterocycles. The van der Waals surface area contributed by atoms with Gasteiger partial charge in [-0.2, -0.15) is 5.26 Å². The number of nitrogens with zero attached hydrogens (tertiary/aromatic N) is 2. The van der Waals surface area contributed by atoms with E-state index >= 15 is 0 Å². The number of aryl methyl sites for hydroxylation is 1. The fraction of sp³-hybridized carbons (Fsp3) is 0.273. The summed E-state index contributed by atoms with van der Waals surface area (Å²) in [5.41, 5.74) is 3.56. The van der Waals surface area contributed by atoms with Gasteiger partial charge in [0.2, 0.25) is 0 Å². The number of hydrogen-bond donors (Lipinski definition) is 1. The maximum atomic E-state index is 11.1. The van der Waals surface area contributed by atoms with Crippen molar-refractivity contribution in [3.05, 3.63) is 59.3 Å². The fourth-order valence-electron chi connectivity index (χ4n) is 3.90. The highest BCUT2D eigenvalue weighted by molar-refractivity contribution is 5.83. The largest absolute Gasteiger partial charge is 0.495 e. The van der Waals surface area contributed by atoms with E-state index in [-0.39, 0.29) is 12.3 Å². The fourth-order valence-corrected chi connectivity index (χ4v) is 3.90. The van der Waals surface area contributed by atoms with Gasteiger partial charge in [0.25, 0.3) is 0 Å². The maximum Gasteiger partial charge on any atom is 0.304 e. The molecule has 6 nitrogen and oxygen atoms in total. The van der Waals surface area contributed by atoms with Gasteiger partial charge in [0, 0.05) is 29.1 Å². The lowest BCUT2D eigenvalue weighted by Gasteiger charge is -2.09. The Hall–Kier alpha value is -3.46. The average molecular weight is 376 g/mol. The molecule has 0 radical (unpaired) electrons. The van der Waals surface area contributed by atoms with E-state index in [0.29, 0.717) is 17.9 Å². The van der Waals surface area contributed by atoms with E-state index in [0.717, 1.165) is 40.9 Å². The maximum absolute atomic E-state index is 11.1. The predicted octanol–water partition coefficient (Wildman–Crippen LogP) is 4.06. The highest BCUT2D eigenvalue weighted by atomic mass is 16.5. The molecular weight excluding hydrogens is 356 g/mol. The van der Waals surface area contributed by atoms with Crippen molar-refractivity contribution in [3.8, 4) is 17.6 Å². The molecular formula is C22H20N2O4. The Kier molecular flexibility index (Phi) is 4.66. The van der Waals surface area contributed by atoms with Crippen LogP contribution in [0.1, 0.15) is 35.6 Å². The van der Waals surface area contributed by atoms with Crippen LogP contribution in [0, 0.1) is 11.3 Å². The summed E-state index contributed by atoms with van der Waals surface area (Å²) in [6.45, 7) is 1.19. The number of hydrogen-bond acceptors (Lipinski definition) is 4. The second-order valence-electron chi connectivity index (χ2n) is 6.96. The Bertz CT molecular complexity index is 1090. The summed E-state index contributed by atoms with van der Waals surface area (Å²) >= 11 is 0. The lowest BCUT2D eigenvalue weighted by Crippen LogP contribution is -2.02. The van der Waals surface area contributed by atoms with Gasteiger partial charge in [-0.3, -0.25) is 4.79 Å². The summed E-state index contributed by atoms with van der Waals surface area (Å²) in [4.78, 5) is 11.1. The Morgan fingerprint density at radius 1 is 1.29 bits per heavy atom. The molecule has 3 aromatic rings. The number of aromatic nitrogens is 1. The second-order valence-corrected chi connectivity index (χ2v) is 6.96. The Morgan fingerprint density at radius 2 is 2.14 bits per heavy atom. The number of carbonyl (C=O) groups is 1. The van der Waals surface area contributed by atoms with Crippen LogP contribution < -0.4 is 9.47 Å². The van der Waals surface area contributed by atoms with E-state index in [1.165, 1.54) is 7.11 Å². The van der Waals surface area contributed by atoms with Gasteiger partial charge in [0.15, 0.2) is 0 Å². The van der Waals surface area contributed by atoms with E-state index in [2.05, 4.69) is 16.7 Å². The highest BCUT2D eigenvalue weighted by Gasteiger charge is 2.26. The molecule has 1 atom stereocenters. The van der Waals surface area contributed by atoms with Gasteiger partial charge in [-0.15, -0.1) is 0 Å². The molecule has 2 heterocycles. The number of benzene rings is 2. The van der Waals surface area contributed by atoms with Crippen LogP contribution in [-0.4, -0.2) is 22.8 Å². The lowest BCUT2D eigenvalue weighted by molar-refractivity contribution is -0.137. The van der Waals surface area contributed by atoms with E-state index in [1.54, 1.807) is 12.1 Å². The van der Waals surface area contributed by atoms with Crippen LogP contribution in [0.2, 0.25) is 0 Å². The molecule has 1 aliphatic rings. The van der Waals surface area contributed by atoms with Crippen LogP contribution in [0.5, 0.6) is 11.5 Å². The summed E-state index contributed by atoms with van der Waals surface area (Å²) in [5.74, 6) is 0.592.